The van der Waals surface area contributed by atoms with Crippen molar-refractivity contribution in [2.75, 3.05) is 20.6 Å². The Morgan fingerprint density at radius 1 is 1.15 bits per heavy atom. The zero-order chi connectivity index (χ0) is 19.4. The molecule has 1 aromatic heterocycles. The number of aryl methyl sites for hydroxylation is 1. The maximum absolute atomic E-state index is 12.5. The van der Waals surface area contributed by atoms with Gasteiger partial charge in [-0.1, -0.05) is 63.0 Å². The quantitative estimate of drug-likeness (QED) is 0.631. The van der Waals surface area contributed by atoms with Gasteiger partial charge in [0, 0.05) is 22.6 Å². The minimum Gasteiger partial charge on any atom is -0.355 e. The molecule has 1 atom stereocenters. The van der Waals surface area contributed by atoms with Crippen LogP contribution in [-0.2, 0) is 0 Å². The molecule has 1 amide bonds. The lowest BCUT2D eigenvalue weighted by molar-refractivity contribution is 0.0933. The second kappa shape index (κ2) is 8.50. The second-order valence-corrected chi connectivity index (χ2v) is 7.60. The van der Waals surface area contributed by atoms with Crippen LogP contribution in [-0.4, -0.2) is 36.6 Å². The molecule has 27 heavy (non-hydrogen) atoms. The zero-order valence-electron chi connectivity index (χ0n) is 15.6. The Hall–Kier alpha value is -2.44. The second-order valence-electron chi connectivity index (χ2n) is 6.68. The summed E-state index contributed by atoms with van der Waals surface area (Å²) < 4.78 is 6.31. The molecule has 5 nitrogen and oxygen atoms in total. The van der Waals surface area contributed by atoms with Crippen molar-refractivity contribution in [3.05, 3.63) is 75.9 Å². The van der Waals surface area contributed by atoms with Crippen molar-refractivity contribution in [1.82, 2.24) is 15.4 Å². The number of carbonyl (C=O) groups excluding carboxylic acids is 1. The molecule has 1 heterocycles. The number of hydrogen-bond donors (Lipinski definition) is 1. The standard InChI is InChI=1S/C21H22BrN3O2/c1-14-4-6-15(7-5-14)19(25(2)3)13-23-21(26)18-12-20(27-24-18)16-8-10-17(22)11-9-16/h4-12,19H,13H2,1-3H3,(H,23,26)/t19-/m0/s1. The first-order valence-corrected chi connectivity index (χ1v) is 9.47. The normalized spacial score (nSPS) is 12.2. The van der Waals surface area contributed by atoms with E-state index in [-0.39, 0.29) is 17.6 Å². The molecule has 140 valence electrons. The molecule has 1 N–H and O–H groups in total. The lowest BCUT2D eigenvalue weighted by Crippen LogP contribution is -2.34. The third kappa shape index (κ3) is 4.84. The monoisotopic (exact) mass is 427 g/mol. The Labute approximate surface area is 167 Å². The van der Waals surface area contributed by atoms with Crippen LogP contribution in [0.2, 0.25) is 0 Å². The van der Waals surface area contributed by atoms with Crippen LogP contribution < -0.4 is 5.32 Å². The van der Waals surface area contributed by atoms with Gasteiger partial charge in [0.05, 0.1) is 6.04 Å². The van der Waals surface area contributed by atoms with E-state index in [1.165, 1.54) is 5.56 Å². The number of nitrogens with zero attached hydrogens (tertiary/aromatic N) is 2. The number of halogens is 1. The van der Waals surface area contributed by atoms with E-state index in [0.717, 1.165) is 15.6 Å². The topological polar surface area (TPSA) is 58.4 Å². The number of nitrogens with one attached hydrogen (secondary N) is 1. The van der Waals surface area contributed by atoms with E-state index >= 15 is 0 Å². The van der Waals surface area contributed by atoms with Gasteiger partial charge in [0.2, 0.25) is 0 Å². The first-order chi connectivity index (χ1) is 12.9. The molecule has 0 saturated carbocycles. The van der Waals surface area contributed by atoms with E-state index in [0.29, 0.717) is 12.3 Å². The molecule has 0 bridgehead atoms. The van der Waals surface area contributed by atoms with Crippen molar-refractivity contribution in [3.8, 4) is 11.3 Å². The number of aromatic nitrogens is 1. The molecule has 3 rings (SSSR count). The van der Waals surface area contributed by atoms with Crippen LogP contribution in [0, 0.1) is 6.92 Å². The molecule has 0 spiro atoms. The Morgan fingerprint density at radius 2 is 1.81 bits per heavy atom. The lowest BCUT2D eigenvalue weighted by atomic mass is 10.0. The van der Waals surface area contributed by atoms with Gasteiger partial charge in [-0.3, -0.25) is 4.79 Å². The van der Waals surface area contributed by atoms with Gasteiger partial charge in [-0.25, -0.2) is 0 Å². The summed E-state index contributed by atoms with van der Waals surface area (Å²) in [6.45, 7) is 2.54. The fourth-order valence-corrected chi connectivity index (χ4v) is 3.06. The molecule has 0 fully saturated rings. The number of hydrogen-bond acceptors (Lipinski definition) is 4. The first kappa shape index (κ1) is 19.3. The maximum Gasteiger partial charge on any atom is 0.273 e. The van der Waals surface area contributed by atoms with E-state index in [1.54, 1.807) is 6.07 Å². The third-order valence-electron chi connectivity index (χ3n) is 4.41. The van der Waals surface area contributed by atoms with Crippen molar-refractivity contribution in [3.63, 3.8) is 0 Å². The molecule has 0 saturated heterocycles. The molecule has 0 radical (unpaired) electrons. The Balaban J connectivity index is 1.67. The van der Waals surface area contributed by atoms with Gasteiger partial charge < -0.3 is 14.7 Å². The van der Waals surface area contributed by atoms with E-state index in [4.69, 9.17) is 4.52 Å². The van der Waals surface area contributed by atoms with Gasteiger partial charge in [0.25, 0.3) is 5.91 Å². The molecular formula is C21H22BrN3O2. The van der Waals surface area contributed by atoms with Crippen LogP contribution in [0.3, 0.4) is 0 Å². The van der Waals surface area contributed by atoms with Crippen LogP contribution in [0.25, 0.3) is 11.3 Å². The fourth-order valence-electron chi connectivity index (χ4n) is 2.80. The van der Waals surface area contributed by atoms with E-state index in [2.05, 4.69) is 62.5 Å². The number of benzene rings is 2. The molecular weight excluding hydrogens is 406 g/mol. The molecule has 0 aliphatic carbocycles. The minimum atomic E-state index is -0.249. The van der Waals surface area contributed by atoms with Crippen molar-refractivity contribution in [1.29, 1.82) is 0 Å². The van der Waals surface area contributed by atoms with Crippen molar-refractivity contribution in [2.24, 2.45) is 0 Å². The summed E-state index contributed by atoms with van der Waals surface area (Å²) in [5.41, 5.74) is 3.51. The van der Waals surface area contributed by atoms with Crippen molar-refractivity contribution >= 4 is 21.8 Å². The predicted octanol–water partition coefficient (Wildman–Crippen LogP) is 4.45. The number of rotatable bonds is 6. The van der Waals surface area contributed by atoms with E-state index in [1.807, 2.05) is 38.4 Å². The molecule has 0 aliphatic heterocycles. The minimum absolute atomic E-state index is 0.0763. The van der Waals surface area contributed by atoms with Gasteiger partial charge in [-0.2, -0.15) is 0 Å². The molecule has 0 unspecified atom stereocenters. The van der Waals surface area contributed by atoms with Gasteiger partial charge in [-0.15, -0.1) is 0 Å². The summed E-state index contributed by atoms with van der Waals surface area (Å²) in [6.07, 6.45) is 0. The maximum atomic E-state index is 12.5. The summed E-state index contributed by atoms with van der Waals surface area (Å²) in [5, 5.41) is 6.87. The van der Waals surface area contributed by atoms with Crippen LogP contribution >= 0.6 is 15.9 Å². The fraction of sp³-hybridized carbons (Fsp3) is 0.238. The highest BCUT2D eigenvalue weighted by Gasteiger charge is 2.18. The SMILES string of the molecule is Cc1ccc([C@H](CNC(=O)c2cc(-c3ccc(Br)cc3)on2)N(C)C)cc1. The summed E-state index contributed by atoms with van der Waals surface area (Å²) in [6, 6.07) is 17.7. The smallest absolute Gasteiger partial charge is 0.273 e. The van der Waals surface area contributed by atoms with Crippen LogP contribution in [0.5, 0.6) is 0 Å². The van der Waals surface area contributed by atoms with Crippen molar-refractivity contribution in [2.45, 2.75) is 13.0 Å². The third-order valence-corrected chi connectivity index (χ3v) is 4.94. The summed E-state index contributed by atoms with van der Waals surface area (Å²) in [4.78, 5) is 14.6. The van der Waals surface area contributed by atoms with E-state index < -0.39 is 0 Å². The largest absolute Gasteiger partial charge is 0.355 e. The highest BCUT2D eigenvalue weighted by molar-refractivity contribution is 9.10. The number of likely N-dealkylation sites (N-methyl/N-ethyl adjacent to an activating group) is 1. The van der Waals surface area contributed by atoms with E-state index in [9.17, 15) is 4.79 Å². The Bertz CT molecular complexity index is 902. The first-order valence-electron chi connectivity index (χ1n) is 8.68. The zero-order valence-corrected chi connectivity index (χ0v) is 17.2. The average molecular weight is 428 g/mol. The van der Waals surface area contributed by atoms with Gasteiger partial charge in [-0.05, 0) is 38.7 Å². The lowest BCUT2D eigenvalue weighted by Gasteiger charge is -2.25. The van der Waals surface area contributed by atoms with Crippen LogP contribution in [0.4, 0.5) is 0 Å². The average Bonchev–Trinajstić information content (AvgIpc) is 3.14. The predicted molar refractivity (Wildman–Crippen MR) is 110 cm³/mol. The van der Waals surface area contributed by atoms with Crippen molar-refractivity contribution < 1.29 is 9.32 Å². The summed E-state index contributed by atoms with van der Waals surface area (Å²) in [5.74, 6) is 0.316. The molecule has 2 aromatic carbocycles. The van der Waals surface area contributed by atoms with Crippen LogP contribution in [0.15, 0.2) is 63.6 Å². The van der Waals surface area contributed by atoms with Gasteiger partial charge >= 0.3 is 0 Å². The highest BCUT2D eigenvalue weighted by Crippen LogP contribution is 2.23. The Morgan fingerprint density at radius 3 is 2.44 bits per heavy atom. The Kier molecular flexibility index (Phi) is 6.08. The van der Waals surface area contributed by atoms with Crippen LogP contribution in [0.1, 0.15) is 27.7 Å². The summed E-state index contributed by atoms with van der Waals surface area (Å²) >= 11 is 3.40. The number of carbonyl (C=O) groups is 1. The summed E-state index contributed by atoms with van der Waals surface area (Å²) in [7, 11) is 4.00. The van der Waals surface area contributed by atoms with Gasteiger partial charge in [0.15, 0.2) is 11.5 Å². The highest BCUT2D eigenvalue weighted by atomic mass is 79.9. The number of amides is 1. The molecule has 0 aliphatic rings. The van der Waals surface area contributed by atoms with Gasteiger partial charge in [0.1, 0.15) is 0 Å². The molecule has 6 heteroatoms. The molecule has 3 aromatic rings.